The topological polar surface area (TPSA) is 118 Å². The zero-order valence-corrected chi connectivity index (χ0v) is 27.9. The number of benzene rings is 3. The van der Waals surface area contributed by atoms with Crippen LogP contribution in [0.15, 0.2) is 80.3 Å². The normalized spacial score (nSPS) is 22.7. The Morgan fingerprint density at radius 2 is 1.89 bits per heavy atom. The Hall–Kier alpha value is -4.83. The van der Waals surface area contributed by atoms with Crippen molar-refractivity contribution in [2.24, 2.45) is 11.8 Å². The molecule has 3 aliphatic rings. The van der Waals surface area contributed by atoms with Crippen molar-refractivity contribution in [2.75, 3.05) is 5.32 Å². The SMILES string of the molecule is Cc1cccc2c(-c3cnc(-c4nc5oc4[C@]46c7cc(ccc7OC4Nc4c(Br)cccc46)C[C@H](C)C(=O)NC5C(C)C)o3)c[nH]c12. The molecule has 6 heterocycles. The van der Waals surface area contributed by atoms with Crippen LogP contribution in [0.3, 0.4) is 0 Å². The number of carbonyl (C=O) groups is 1. The van der Waals surface area contributed by atoms with Gasteiger partial charge >= 0.3 is 0 Å². The molecule has 1 amide bonds. The third kappa shape index (κ3) is 3.97. The molecule has 236 valence electrons. The number of para-hydroxylation sites is 2. The molecule has 0 fully saturated rings. The number of oxazole rings is 2. The van der Waals surface area contributed by atoms with Gasteiger partial charge in [0, 0.05) is 44.2 Å². The predicted molar refractivity (Wildman–Crippen MR) is 181 cm³/mol. The highest BCUT2D eigenvalue weighted by Gasteiger charge is 2.61. The van der Waals surface area contributed by atoms with Crippen molar-refractivity contribution in [3.8, 4) is 28.7 Å². The Labute approximate surface area is 279 Å². The first-order valence-electron chi connectivity index (χ1n) is 15.9. The van der Waals surface area contributed by atoms with Gasteiger partial charge in [0.2, 0.25) is 17.7 Å². The quantitative estimate of drug-likeness (QED) is 0.172. The van der Waals surface area contributed by atoms with E-state index in [1.165, 1.54) is 0 Å². The summed E-state index contributed by atoms with van der Waals surface area (Å²) >= 11 is 3.77. The van der Waals surface area contributed by atoms with E-state index in [4.69, 9.17) is 23.5 Å². The molecule has 1 spiro atoms. The molecule has 0 saturated heterocycles. The highest BCUT2D eigenvalue weighted by atomic mass is 79.9. The van der Waals surface area contributed by atoms with E-state index in [9.17, 15) is 4.79 Å². The highest BCUT2D eigenvalue weighted by Crippen LogP contribution is 2.60. The summed E-state index contributed by atoms with van der Waals surface area (Å²) in [6, 6.07) is 18.0. The maximum Gasteiger partial charge on any atom is 0.249 e. The number of anilines is 1. The van der Waals surface area contributed by atoms with Gasteiger partial charge in [0.1, 0.15) is 17.2 Å². The first-order valence-corrected chi connectivity index (χ1v) is 16.7. The molecule has 3 aromatic heterocycles. The van der Waals surface area contributed by atoms with Crippen LogP contribution in [0.5, 0.6) is 5.75 Å². The van der Waals surface area contributed by atoms with Crippen molar-refractivity contribution >= 4 is 38.4 Å². The lowest BCUT2D eigenvalue weighted by atomic mass is 9.72. The van der Waals surface area contributed by atoms with Gasteiger partial charge in [-0.3, -0.25) is 4.79 Å². The van der Waals surface area contributed by atoms with Gasteiger partial charge in [-0.2, -0.15) is 0 Å². The number of aromatic nitrogens is 3. The number of hydrogen-bond acceptors (Lipinski definition) is 7. The molecular formula is C37H32BrN5O4. The number of ether oxygens (including phenoxy) is 1. The summed E-state index contributed by atoms with van der Waals surface area (Å²) in [5, 5.41) is 7.94. The lowest BCUT2D eigenvalue weighted by Crippen LogP contribution is -2.40. The van der Waals surface area contributed by atoms with Crippen LogP contribution < -0.4 is 15.4 Å². The fraction of sp³-hybridized carbons (Fsp3) is 0.270. The van der Waals surface area contributed by atoms with Crippen molar-refractivity contribution in [1.29, 1.82) is 0 Å². The maximum atomic E-state index is 13.5. The van der Waals surface area contributed by atoms with Gasteiger partial charge in [-0.1, -0.05) is 63.2 Å². The van der Waals surface area contributed by atoms with E-state index >= 15 is 0 Å². The van der Waals surface area contributed by atoms with Crippen LogP contribution in [0.1, 0.15) is 60.7 Å². The van der Waals surface area contributed by atoms with Crippen molar-refractivity contribution < 1.29 is 18.4 Å². The summed E-state index contributed by atoms with van der Waals surface area (Å²) < 4.78 is 21.2. The monoisotopic (exact) mass is 689 g/mol. The third-order valence-electron chi connectivity index (χ3n) is 9.94. The van der Waals surface area contributed by atoms with Gasteiger partial charge < -0.3 is 29.2 Å². The standard InChI is InChI=1S/C37H32BrN5O4/c1-17(2)28-35-42-31(34-40-16-27(45-34)22-15-39-29-18(3)7-5-8-21(22)29)32(47-35)37-23-9-6-10-25(38)30(23)43-36(37)46-26-12-11-20(14-24(26)37)13-19(4)33(44)41-28/h5-12,14-17,19,28,36,39,43H,13H2,1-4H3,(H,41,44)/t19-,28?,36?,37-/m0/s1. The van der Waals surface area contributed by atoms with Crippen molar-refractivity contribution in [1.82, 2.24) is 20.3 Å². The lowest BCUT2D eigenvalue weighted by Gasteiger charge is -2.28. The number of rotatable bonds is 3. The minimum Gasteiger partial charge on any atom is -0.469 e. The second-order valence-corrected chi connectivity index (χ2v) is 14.1. The number of hydrogen-bond donors (Lipinski definition) is 3. The summed E-state index contributed by atoms with van der Waals surface area (Å²) in [6.07, 6.45) is 3.74. The number of amides is 1. The van der Waals surface area contributed by atoms with Crippen LogP contribution in [0.4, 0.5) is 5.69 Å². The Kier molecular flexibility index (Phi) is 6.09. The highest BCUT2D eigenvalue weighted by molar-refractivity contribution is 9.10. The van der Waals surface area contributed by atoms with Crippen molar-refractivity contribution in [3.63, 3.8) is 0 Å². The second kappa shape index (κ2) is 10.1. The molecule has 47 heavy (non-hydrogen) atoms. The Morgan fingerprint density at radius 3 is 2.74 bits per heavy atom. The van der Waals surface area contributed by atoms with Crippen LogP contribution >= 0.6 is 15.9 Å². The molecule has 0 aliphatic carbocycles. The zero-order chi connectivity index (χ0) is 32.2. The van der Waals surface area contributed by atoms with Crippen molar-refractivity contribution in [3.05, 3.63) is 105 Å². The Balaban J connectivity index is 1.33. The number of H-pyrrole nitrogens is 1. The van der Waals surface area contributed by atoms with Gasteiger partial charge in [0.25, 0.3) is 0 Å². The largest absolute Gasteiger partial charge is 0.469 e. The van der Waals surface area contributed by atoms with Gasteiger partial charge in [-0.25, -0.2) is 9.97 Å². The molecular weight excluding hydrogens is 658 g/mol. The first kappa shape index (κ1) is 28.4. The number of aromatic amines is 1. The molecule has 4 bridgehead atoms. The zero-order valence-electron chi connectivity index (χ0n) is 26.3. The molecule has 9 rings (SSSR count). The van der Waals surface area contributed by atoms with Gasteiger partial charge in [-0.05, 0) is 58.5 Å². The minimum atomic E-state index is -0.925. The summed E-state index contributed by atoms with van der Waals surface area (Å²) in [6.45, 7) is 8.14. The molecule has 3 N–H and O–H groups in total. The summed E-state index contributed by atoms with van der Waals surface area (Å²) in [7, 11) is 0. The van der Waals surface area contributed by atoms with E-state index in [0.29, 0.717) is 35.4 Å². The fourth-order valence-corrected chi connectivity index (χ4v) is 8.03. The van der Waals surface area contributed by atoms with Gasteiger partial charge in [0.05, 0.1) is 11.9 Å². The van der Waals surface area contributed by atoms with E-state index < -0.39 is 17.7 Å². The first-order chi connectivity index (χ1) is 22.7. The van der Waals surface area contributed by atoms with Crippen LogP contribution in [-0.2, 0) is 16.6 Å². The number of carbonyl (C=O) groups excluding carboxylic acids is 1. The summed E-state index contributed by atoms with van der Waals surface area (Å²) in [5.74, 6) is 2.30. The average Bonchev–Trinajstić information content (AvgIpc) is 3.86. The third-order valence-corrected chi connectivity index (χ3v) is 10.6. The Morgan fingerprint density at radius 1 is 1.04 bits per heavy atom. The van der Waals surface area contributed by atoms with E-state index in [0.717, 1.165) is 54.6 Å². The van der Waals surface area contributed by atoms with E-state index in [1.807, 2.05) is 43.5 Å². The fourth-order valence-electron chi connectivity index (χ4n) is 7.55. The predicted octanol–water partition coefficient (Wildman–Crippen LogP) is 8.03. The number of aryl methyl sites for hydroxylation is 1. The van der Waals surface area contributed by atoms with E-state index in [1.54, 1.807) is 6.20 Å². The Bertz CT molecular complexity index is 2250. The molecule has 6 aromatic rings. The van der Waals surface area contributed by atoms with Crippen LogP contribution in [0, 0.1) is 18.8 Å². The number of nitrogens with zero attached hydrogens (tertiary/aromatic N) is 2. The number of nitrogens with one attached hydrogen (secondary N) is 3. The van der Waals surface area contributed by atoms with E-state index in [2.05, 4.69) is 76.6 Å². The summed E-state index contributed by atoms with van der Waals surface area (Å²) in [4.78, 5) is 26.9. The minimum absolute atomic E-state index is 0.00679. The van der Waals surface area contributed by atoms with Gasteiger partial charge in [0.15, 0.2) is 23.4 Å². The molecule has 2 unspecified atom stereocenters. The van der Waals surface area contributed by atoms with Crippen LogP contribution in [0.2, 0.25) is 0 Å². The smallest absolute Gasteiger partial charge is 0.249 e. The van der Waals surface area contributed by atoms with Gasteiger partial charge in [-0.15, -0.1) is 0 Å². The van der Waals surface area contributed by atoms with E-state index in [-0.39, 0.29) is 17.7 Å². The lowest BCUT2D eigenvalue weighted by molar-refractivity contribution is -0.125. The second-order valence-electron chi connectivity index (χ2n) is 13.2. The molecule has 0 saturated carbocycles. The molecule has 0 radical (unpaired) electrons. The molecule has 3 aromatic carbocycles. The molecule has 10 heteroatoms. The van der Waals surface area contributed by atoms with Crippen LogP contribution in [-0.4, -0.2) is 27.1 Å². The molecule has 4 atom stereocenters. The number of halogens is 1. The maximum absolute atomic E-state index is 13.5. The average molecular weight is 691 g/mol. The summed E-state index contributed by atoms with van der Waals surface area (Å²) in [5.41, 5.74) is 6.55. The molecule has 3 aliphatic heterocycles. The van der Waals surface area contributed by atoms with Crippen LogP contribution in [0.25, 0.3) is 33.8 Å². The van der Waals surface area contributed by atoms with Crippen molar-refractivity contribution in [2.45, 2.75) is 51.8 Å². The molecule has 9 nitrogen and oxygen atoms in total. The number of fused-ring (bicyclic) bond motifs is 5.